The van der Waals surface area contributed by atoms with E-state index in [-0.39, 0.29) is 0 Å². The van der Waals surface area contributed by atoms with Gasteiger partial charge in [0.15, 0.2) is 0 Å². The van der Waals surface area contributed by atoms with Crippen molar-refractivity contribution in [2.75, 3.05) is 41.0 Å². The summed E-state index contributed by atoms with van der Waals surface area (Å²) < 4.78 is 10.1. The molecule has 17 heavy (non-hydrogen) atoms. The molecule has 1 rings (SSSR count). The standard InChI is InChI=1S/C13H21NO3/c1-14(8-9-16-2)10-13(15)11-4-6-12(17-3)7-5-11/h4-7,13,15H,8-10H2,1-3H3. The Labute approximate surface area is 103 Å². The second-order valence-corrected chi connectivity index (χ2v) is 4.04. The first-order valence-corrected chi connectivity index (χ1v) is 5.67. The molecule has 0 amide bonds. The highest BCUT2D eigenvalue weighted by atomic mass is 16.5. The highest BCUT2D eigenvalue weighted by Gasteiger charge is 2.10. The molecule has 1 atom stereocenters. The summed E-state index contributed by atoms with van der Waals surface area (Å²) in [6, 6.07) is 7.47. The summed E-state index contributed by atoms with van der Waals surface area (Å²) in [6.07, 6.45) is -0.484. The van der Waals surface area contributed by atoms with Gasteiger partial charge in [-0.05, 0) is 24.7 Å². The van der Waals surface area contributed by atoms with Crippen LogP contribution in [-0.4, -0.2) is 51.0 Å². The van der Waals surface area contributed by atoms with Gasteiger partial charge in [-0.2, -0.15) is 0 Å². The monoisotopic (exact) mass is 239 g/mol. The number of hydrogen-bond acceptors (Lipinski definition) is 4. The van der Waals surface area contributed by atoms with Crippen LogP contribution < -0.4 is 4.74 Å². The molecule has 1 aromatic rings. The topological polar surface area (TPSA) is 41.9 Å². The first kappa shape index (κ1) is 14.0. The van der Waals surface area contributed by atoms with Gasteiger partial charge in [0.25, 0.3) is 0 Å². The van der Waals surface area contributed by atoms with Gasteiger partial charge in [0.1, 0.15) is 5.75 Å². The summed E-state index contributed by atoms with van der Waals surface area (Å²) in [6.45, 7) is 2.07. The third kappa shape index (κ3) is 4.73. The van der Waals surface area contributed by atoms with Crippen molar-refractivity contribution in [3.63, 3.8) is 0 Å². The second-order valence-electron chi connectivity index (χ2n) is 4.04. The number of benzene rings is 1. The second kappa shape index (κ2) is 7.27. The average molecular weight is 239 g/mol. The number of ether oxygens (including phenoxy) is 2. The fourth-order valence-electron chi connectivity index (χ4n) is 1.57. The maximum Gasteiger partial charge on any atom is 0.118 e. The average Bonchev–Trinajstić information content (AvgIpc) is 2.36. The van der Waals surface area contributed by atoms with E-state index >= 15 is 0 Å². The fraction of sp³-hybridized carbons (Fsp3) is 0.538. The normalized spacial score (nSPS) is 12.8. The maximum atomic E-state index is 10.0. The van der Waals surface area contributed by atoms with E-state index in [0.717, 1.165) is 17.9 Å². The molecule has 4 nitrogen and oxygen atoms in total. The number of nitrogens with zero attached hydrogens (tertiary/aromatic N) is 1. The molecule has 0 aliphatic rings. The van der Waals surface area contributed by atoms with Crippen LogP contribution in [0, 0.1) is 0 Å². The van der Waals surface area contributed by atoms with E-state index in [1.54, 1.807) is 14.2 Å². The first-order chi connectivity index (χ1) is 8.17. The van der Waals surface area contributed by atoms with Crippen molar-refractivity contribution in [2.24, 2.45) is 0 Å². The summed E-state index contributed by atoms with van der Waals surface area (Å²) in [5.74, 6) is 0.800. The van der Waals surface area contributed by atoms with Crippen molar-refractivity contribution in [1.82, 2.24) is 4.90 Å². The van der Waals surface area contributed by atoms with Gasteiger partial charge in [-0.15, -0.1) is 0 Å². The van der Waals surface area contributed by atoms with Crippen LogP contribution in [0.2, 0.25) is 0 Å². The Balaban J connectivity index is 2.47. The van der Waals surface area contributed by atoms with E-state index in [4.69, 9.17) is 9.47 Å². The molecule has 0 heterocycles. The Morgan fingerprint density at radius 1 is 1.24 bits per heavy atom. The smallest absolute Gasteiger partial charge is 0.118 e. The van der Waals surface area contributed by atoms with Gasteiger partial charge < -0.3 is 19.5 Å². The maximum absolute atomic E-state index is 10.0. The van der Waals surface area contributed by atoms with E-state index in [2.05, 4.69) is 0 Å². The lowest BCUT2D eigenvalue weighted by Crippen LogP contribution is -2.27. The number of aliphatic hydroxyl groups excluding tert-OH is 1. The van der Waals surface area contributed by atoms with Crippen molar-refractivity contribution in [3.05, 3.63) is 29.8 Å². The Kier molecular flexibility index (Phi) is 5.97. The Bertz CT molecular complexity index is 313. The number of rotatable bonds is 7. The summed E-state index contributed by atoms with van der Waals surface area (Å²) in [4.78, 5) is 2.04. The van der Waals surface area contributed by atoms with Gasteiger partial charge in [-0.1, -0.05) is 12.1 Å². The summed E-state index contributed by atoms with van der Waals surface area (Å²) in [5.41, 5.74) is 0.898. The molecule has 0 bridgehead atoms. The first-order valence-electron chi connectivity index (χ1n) is 5.67. The van der Waals surface area contributed by atoms with Gasteiger partial charge in [-0.3, -0.25) is 0 Å². The zero-order chi connectivity index (χ0) is 12.7. The van der Waals surface area contributed by atoms with Crippen molar-refractivity contribution < 1.29 is 14.6 Å². The van der Waals surface area contributed by atoms with E-state index in [1.165, 1.54) is 0 Å². The molecule has 0 aliphatic carbocycles. The molecule has 0 saturated carbocycles. The summed E-state index contributed by atoms with van der Waals surface area (Å²) in [7, 11) is 5.27. The van der Waals surface area contributed by atoms with E-state index in [0.29, 0.717) is 13.2 Å². The molecule has 0 saturated heterocycles. The number of methoxy groups -OCH3 is 2. The van der Waals surface area contributed by atoms with Gasteiger partial charge in [0, 0.05) is 20.2 Å². The van der Waals surface area contributed by atoms with Gasteiger partial charge in [-0.25, -0.2) is 0 Å². The number of likely N-dealkylation sites (N-methyl/N-ethyl adjacent to an activating group) is 1. The van der Waals surface area contributed by atoms with E-state index in [1.807, 2.05) is 36.2 Å². The molecular formula is C13H21NO3. The van der Waals surface area contributed by atoms with Crippen LogP contribution in [0.1, 0.15) is 11.7 Å². The van der Waals surface area contributed by atoms with Gasteiger partial charge in [0.2, 0.25) is 0 Å². The van der Waals surface area contributed by atoms with Crippen molar-refractivity contribution >= 4 is 0 Å². The van der Waals surface area contributed by atoms with Crippen LogP contribution in [0.3, 0.4) is 0 Å². The lowest BCUT2D eigenvalue weighted by Gasteiger charge is -2.20. The Morgan fingerprint density at radius 3 is 2.41 bits per heavy atom. The minimum absolute atomic E-state index is 0.484. The molecule has 1 aromatic carbocycles. The third-order valence-electron chi connectivity index (χ3n) is 2.66. The van der Waals surface area contributed by atoms with E-state index in [9.17, 15) is 5.11 Å². The summed E-state index contributed by atoms with van der Waals surface area (Å²) >= 11 is 0. The predicted molar refractivity (Wildman–Crippen MR) is 67.3 cm³/mol. The molecule has 0 aromatic heterocycles. The van der Waals surface area contributed by atoms with E-state index < -0.39 is 6.10 Å². The molecule has 96 valence electrons. The highest BCUT2D eigenvalue weighted by Crippen LogP contribution is 2.17. The van der Waals surface area contributed by atoms with Crippen molar-refractivity contribution in [2.45, 2.75) is 6.10 Å². The highest BCUT2D eigenvalue weighted by molar-refractivity contribution is 5.28. The fourth-order valence-corrected chi connectivity index (χ4v) is 1.57. The lowest BCUT2D eigenvalue weighted by atomic mass is 10.1. The van der Waals surface area contributed by atoms with Crippen LogP contribution in [-0.2, 0) is 4.74 Å². The van der Waals surface area contributed by atoms with Crippen LogP contribution in [0.4, 0.5) is 0 Å². The van der Waals surface area contributed by atoms with Crippen LogP contribution >= 0.6 is 0 Å². The van der Waals surface area contributed by atoms with Gasteiger partial charge >= 0.3 is 0 Å². The molecule has 0 aliphatic heterocycles. The molecule has 0 spiro atoms. The van der Waals surface area contributed by atoms with Gasteiger partial charge in [0.05, 0.1) is 19.8 Å². The van der Waals surface area contributed by atoms with Crippen molar-refractivity contribution in [3.8, 4) is 5.75 Å². The van der Waals surface area contributed by atoms with Crippen molar-refractivity contribution in [1.29, 1.82) is 0 Å². The number of hydrogen-bond donors (Lipinski definition) is 1. The SMILES string of the molecule is COCCN(C)CC(O)c1ccc(OC)cc1. The summed E-state index contributed by atoms with van der Waals surface area (Å²) in [5, 5.41) is 10.0. The third-order valence-corrected chi connectivity index (χ3v) is 2.66. The van der Waals surface area contributed by atoms with Crippen LogP contribution in [0.5, 0.6) is 5.75 Å². The number of aliphatic hydroxyl groups is 1. The molecule has 0 fully saturated rings. The van der Waals surface area contributed by atoms with Crippen LogP contribution in [0.25, 0.3) is 0 Å². The molecular weight excluding hydrogens is 218 g/mol. The van der Waals surface area contributed by atoms with Crippen LogP contribution in [0.15, 0.2) is 24.3 Å². The predicted octanol–water partition coefficient (Wildman–Crippen LogP) is 1.31. The quantitative estimate of drug-likeness (QED) is 0.779. The molecule has 1 unspecified atom stereocenters. The minimum Gasteiger partial charge on any atom is -0.497 e. The Morgan fingerprint density at radius 2 is 1.88 bits per heavy atom. The Hall–Kier alpha value is -1.10. The lowest BCUT2D eigenvalue weighted by molar-refractivity contribution is 0.103. The zero-order valence-corrected chi connectivity index (χ0v) is 10.7. The molecule has 0 radical (unpaired) electrons. The molecule has 1 N–H and O–H groups in total. The largest absolute Gasteiger partial charge is 0.497 e. The zero-order valence-electron chi connectivity index (χ0n) is 10.7. The minimum atomic E-state index is -0.484. The molecule has 4 heteroatoms.